The van der Waals surface area contributed by atoms with E-state index in [1.165, 1.54) is 19.4 Å². The van der Waals surface area contributed by atoms with Crippen molar-refractivity contribution in [3.8, 4) is 0 Å². The summed E-state index contributed by atoms with van der Waals surface area (Å²) in [4.78, 5) is 4.53. The maximum Gasteiger partial charge on any atom is 0.413 e. The first-order valence-electron chi connectivity index (χ1n) is 5.32. The predicted octanol–water partition coefficient (Wildman–Crippen LogP) is 0.0712. The topological polar surface area (TPSA) is 124 Å². The van der Waals surface area contributed by atoms with Crippen molar-refractivity contribution in [2.45, 2.75) is 19.8 Å². The minimum atomic E-state index is -5.12. The van der Waals surface area contributed by atoms with E-state index in [4.69, 9.17) is 9.11 Å². The third-order valence-electron chi connectivity index (χ3n) is 1.91. The molecule has 0 unspecified atom stereocenters. The summed E-state index contributed by atoms with van der Waals surface area (Å²) in [5.74, 6) is 0. The molecule has 0 amide bonds. The smallest absolute Gasteiger partial charge is 0.362 e. The molecule has 0 aromatic carbocycles. The molecule has 0 spiro atoms. The molecule has 0 saturated heterocycles. The van der Waals surface area contributed by atoms with Crippen molar-refractivity contribution in [1.29, 1.82) is 0 Å². The van der Waals surface area contributed by atoms with Crippen LogP contribution in [0.4, 0.5) is 0 Å². The standard InChI is InChI=1S/C8H16N2.H2O7S2/c1-3-4-5-10-7-6-9(2)8-10;1-8(2,3)7-9(4,5)6/h6-7H,3-5,8H2,1-2H3;(H,1,2,3)(H,4,5,6). The molecule has 1 rings (SSSR count). The van der Waals surface area contributed by atoms with E-state index in [1.807, 2.05) is 0 Å². The molecule has 19 heavy (non-hydrogen) atoms. The maximum absolute atomic E-state index is 9.44. The fourth-order valence-corrected chi connectivity index (χ4v) is 2.07. The second-order valence-electron chi connectivity index (χ2n) is 3.79. The van der Waals surface area contributed by atoms with E-state index >= 15 is 0 Å². The van der Waals surface area contributed by atoms with Gasteiger partial charge in [-0.15, -0.1) is 3.63 Å². The maximum atomic E-state index is 9.44. The van der Waals surface area contributed by atoms with E-state index in [2.05, 4.69) is 39.8 Å². The van der Waals surface area contributed by atoms with Crippen LogP contribution in [0, 0.1) is 0 Å². The quantitative estimate of drug-likeness (QED) is 0.677. The highest BCUT2D eigenvalue weighted by Gasteiger charge is 2.15. The van der Waals surface area contributed by atoms with Gasteiger partial charge in [0, 0.05) is 26.0 Å². The second kappa shape index (κ2) is 7.65. The Morgan fingerprint density at radius 1 is 1.16 bits per heavy atom. The summed E-state index contributed by atoms with van der Waals surface area (Å²) in [5, 5.41) is 0. The zero-order valence-electron chi connectivity index (χ0n) is 10.6. The van der Waals surface area contributed by atoms with Gasteiger partial charge in [-0.3, -0.25) is 9.11 Å². The van der Waals surface area contributed by atoms with Crippen molar-refractivity contribution in [3.05, 3.63) is 12.4 Å². The molecule has 0 atom stereocenters. The number of unbranched alkanes of at least 4 members (excludes halogenated alkanes) is 1. The van der Waals surface area contributed by atoms with Crippen LogP contribution in [0.1, 0.15) is 19.8 Å². The Hall–Kier alpha value is -0.880. The third kappa shape index (κ3) is 11.9. The van der Waals surface area contributed by atoms with Crippen LogP contribution in [0.25, 0.3) is 0 Å². The van der Waals surface area contributed by atoms with Crippen LogP contribution in [0.2, 0.25) is 0 Å². The Morgan fingerprint density at radius 3 is 1.95 bits per heavy atom. The van der Waals surface area contributed by atoms with Crippen molar-refractivity contribution in [2.24, 2.45) is 0 Å². The van der Waals surface area contributed by atoms with Gasteiger partial charge in [-0.2, -0.15) is 16.8 Å². The number of hydrogen-bond acceptors (Lipinski definition) is 7. The molecule has 0 radical (unpaired) electrons. The van der Waals surface area contributed by atoms with Crippen LogP contribution < -0.4 is 0 Å². The lowest BCUT2D eigenvalue weighted by atomic mass is 10.3. The van der Waals surface area contributed by atoms with Crippen LogP contribution in [0.15, 0.2) is 12.4 Å². The number of rotatable bonds is 5. The molecule has 114 valence electrons. The van der Waals surface area contributed by atoms with Gasteiger partial charge < -0.3 is 9.80 Å². The van der Waals surface area contributed by atoms with Gasteiger partial charge in [-0.25, -0.2) is 0 Å². The molecule has 2 N–H and O–H groups in total. The van der Waals surface area contributed by atoms with Gasteiger partial charge in [-0.1, -0.05) is 13.3 Å². The number of hydrogen-bond donors (Lipinski definition) is 2. The Balaban J connectivity index is 0.000000344. The van der Waals surface area contributed by atoms with Gasteiger partial charge in [0.1, 0.15) is 0 Å². The zero-order valence-corrected chi connectivity index (χ0v) is 12.3. The Kier molecular flexibility index (Phi) is 7.29. The summed E-state index contributed by atoms with van der Waals surface area (Å²) in [6.07, 6.45) is 6.87. The lowest BCUT2D eigenvalue weighted by molar-refractivity contribution is 0.293. The molecule has 1 aliphatic heterocycles. The van der Waals surface area contributed by atoms with E-state index in [-0.39, 0.29) is 0 Å². The molecular weight excluding hydrogens is 300 g/mol. The molecule has 0 aliphatic carbocycles. The SMILES string of the molecule is CCCCN1C=CN(C)C1.O=S(=O)(O)OS(=O)(=O)O. The highest BCUT2D eigenvalue weighted by Crippen LogP contribution is 2.04. The summed E-state index contributed by atoms with van der Waals surface area (Å²) < 4.78 is 55.6. The molecule has 0 aromatic heterocycles. The van der Waals surface area contributed by atoms with Gasteiger partial charge >= 0.3 is 20.8 Å². The van der Waals surface area contributed by atoms with Gasteiger partial charge in [0.25, 0.3) is 0 Å². The minimum absolute atomic E-state index is 1.07. The first kappa shape index (κ1) is 18.1. The average Bonchev–Trinajstić information content (AvgIpc) is 2.56. The van der Waals surface area contributed by atoms with Crippen molar-refractivity contribution in [2.75, 3.05) is 20.3 Å². The molecule has 0 fully saturated rings. The van der Waals surface area contributed by atoms with E-state index in [1.54, 1.807) is 0 Å². The third-order valence-corrected chi connectivity index (χ3v) is 3.28. The van der Waals surface area contributed by atoms with E-state index in [0.29, 0.717) is 0 Å². The fourth-order valence-electron chi connectivity index (χ4n) is 1.20. The van der Waals surface area contributed by atoms with Crippen LogP contribution in [0.3, 0.4) is 0 Å². The van der Waals surface area contributed by atoms with Gasteiger partial charge in [0.2, 0.25) is 0 Å². The minimum Gasteiger partial charge on any atom is -0.362 e. The van der Waals surface area contributed by atoms with Crippen LogP contribution in [0.5, 0.6) is 0 Å². The lowest BCUT2D eigenvalue weighted by Gasteiger charge is -2.17. The zero-order chi connectivity index (χ0) is 15.1. The molecule has 0 aromatic rings. The molecule has 9 nitrogen and oxygen atoms in total. The summed E-state index contributed by atoms with van der Waals surface area (Å²) in [6, 6.07) is 0. The first-order valence-corrected chi connectivity index (χ1v) is 8.05. The first-order chi connectivity index (χ1) is 8.53. The fraction of sp³-hybridized carbons (Fsp3) is 0.750. The second-order valence-corrected chi connectivity index (χ2v) is 6.04. The largest absolute Gasteiger partial charge is 0.413 e. The Bertz CT molecular complexity index is 455. The van der Waals surface area contributed by atoms with Crippen molar-refractivity contribution in [3.63, 3.8) is 0 Å². The summed E-state index contributed by atoms with van der Waals surface area (Å²) >= 11 is 0. The lowest BCUT2D eigenvalue weighted by Crippen LogP contribution is -2.23. The summed E-state index contributed by atoms with van der Waals surface area (Å²) in [7, 11) is -8.14. The van der Waals surface area contributed by atoms with Crippen molar-refractivity contribution < 1.29 is 29.6 Å². The van der Waals surface area contributed by atoms with Gasteiger partial charge in [-0.05, 0) is 6.42 Å². The summed E-state index contributed by atoms with van der Waals surface area (Å²) in [5.41, 5.74) is 0. The van der Waals surface area contributed by atoms with E-state index < -0.39 is 20.8 Å². The van der Waals surface area contributed by atoms with Gasteiger partial charge in [0.15, 0.2) is 0 Å². The van der Waals surface area contributed by atoms with E-state index in [9.17, 15) is 16.8 Å². The van der Waals surface area contributed by atoms with Crippen molar-refractivity contribution in [1.82, 2.24) is 9.80 Å². The van der Waals surface area contributed by atoms with Crippen LogP contribution in [-0.4, -0.2) is 56.0 Å². The predicted molar refractivity (Wildman–Crippen MR) is 67.6 cm³/mol. The molecular formula is C8H18N2O7S2. The Labute approximate surface area is 113 Å². The summed E-state index contributed by atoms with van der Waals surface area (Å²) in [6.45, 7) is 4.50. The highest BCUT2D eigenvalue weighted by molar-refractivity contribution is 7.94. The monoisotopic (exact) mass is 318 g/mol. The van der Waals surface area contributed by atoms with Crippen LogP contribution in [-0.2, 0) is 24.4 Å². The van der Waals surface area contributed by atoms with Gasteiger partial charge in [0.05, 0.1) is 6.67 Å². The normalized spacial score (nSPS) is 15.4. The highest BCUT2D eigenvalue weighted by atomic mass is 32.3. The Morgan fingerprint density at radius 2 is 1.68 bits per heavy atom. The molecule has 0 saturated carbocycles. The van der Waals surface area contributed by atoms with E-state index in [0.717, 1.165) is 6.67 Å². The molecule has 1 heterocycles. The molecule has 0 bridgehead atoms. The molecule has 1 aliphatic rings. The van der Waals surface area contributed by atoms with Crippen LogP contribution >= 0.6 is 0 Å². The average molecular weight is 318 g/mol. The van der Waals surface area contributed by atoms with Crippen molar-refractivity contribution >= 4 is 20.8 Å². The molecule has 11 heteroatoms. The number of nitrogens with zero attached hydrogens (tertiary/aromatic N) is 2.